The topological polar surface area (TPSA) is 47.6 Å². The Morgan fingerprint density at radius 3 is 3.00 bits per heavy atom. The number of fused-ring (bicyclic) bond motifs is 1. The van der Waals surface area contributed by atoms with E-state index >= 15 is 0 Å². The molecule has 86 valence electrons. The maximum atomic E-state index is 11.6. The van der Waals surface area contributed by atoms with Gasteiger partial charge >= 0.3 is 0 Å². The molecule has 1 aliphatic heterocycles. The molecule has 1 heterocycles. The number of carbonyl (C=O) groups is 1. The van der Waals surface area contributed by atoms with E-state index in [2.05, 4.69) is 21.2 Å². The first kappa shape index (κ1) is 11.3. The van der Waals surface area contributed by atoms with Gasteiger partial charge in [-0.2, -0.15) is 0 Å². The average Bonchev–Trinajstić information content (AvgIpc) is 2.75. The largest absolute Gasteiger partial charge is 0.454 e. The minimum absolute atomic E-state index is 0.0543. The average molecular weight is 286 g/mol. The molecule has 0 saturated carbocycles. The van der Waals surface area contributed by atoms with Crippen LogP contribution in [0.2, 0.25) is 0 Å². The van der Waals surface area contributed by atoms with Crippen molar-refractivity contribution < 1.29 is 14.3 Å². The molecule has 0 bridgehead atoms. The summed E-state index contributed by atoms with van der Waals surface area (Å²) in [6.45, 7) is 2.18. The molecule has 5 heteroatoms. The van der Waals surface area contributed by atoms with Crippen molar-refractivity contribution in [1.29, 1.82) is 0 Å². The molecule has 0 radical (unpaired) electrons. The minimum Gasteiger partial charge on any atom is -0.454 e. The molecule has 1 aliphatic rings. The van der Waals surface area contributed by atoms with Gasteiger partial charge < -0.3 is 14.8 Å². The van der Waals surface area contributed by atoms with Gasteiger partial charge in [-0.05, 0) is 18.6 Å². The fourth-order valence-corrected chi connectivity index (χ4v) is 1.49. The molecule has 1 atom stereocenters. The van der Waals surface area contributed by atoms with Crippen molar-refractivity contribution in [3.8, 4) is 11.5 Å². The van der Waals surface area contributed by atoms with Gasteiger partial charge in [-0.25, -0.2) is 0 Å². The molecule has 0 saturated heterocycles. The van der Waals surface area contributed by atoms with Gasteiger partial charge in [0.05, 0.1) is 4.83 Å². The standard InChI is InChI=1S/C11H12BrNO3/c1-2-8(12)11(14)13-7-3-4-9-10(5-7)16-6-15-9/h3-5,8H,2,6H2,1H3,(H,13,14)/t8-/m0/s1. The van der Waals surface area contributed by atoms with Gasteiger partial charge in [-0.1, -0.05) is 22.9 Å². The highest BCUT2D eigenvalue weighted by Gasteiger charge is 2.16. The molecule has 0 spiro atoms. The second-order valence-corrected chi connectivity index (χ2v) is 4.54. The van der Waals surface area contributed by atoms with E-state index in [1.165, 1.54) is 0 Å². The van der Waals surface area contributed by atoms with Crippen molar-refractivity contribution >= 4 is 27.5 Å². The lowest BCUT2D eigenvalue weighted by Crippen LogP contribution is -2.21. The van der Waals surface area contributed by atoms with Gasteiger partial charge in [0.15, 0.2) is 11.5 Å². The number of hydrogen-bond acceptors (Lipinski definition) is 3. The Morgan fingerprint density at radius 2 is 2.25 bits per heavy atom. The fraction of sp³-hybridized carbons (Fsp3) is 0.364. The summed E-state index contributed by atoms with van der Waals surface area (Å²) in [7, 11) is 0. The lowest BCUT2D eigenvalue weighted by molar-refractivity contribution is -0.115. The van der Waals surface area contributed by atoms with Gasteiger partial charge in [0.2, 0.25) is 12.7 Å². The molecule has 16 heavy (non-hydrogen) atoms. The Kier molecular flexibility index (Phi) is 3.33. The maximum absolute atomic E-state index is 11.6. The van der Waals surface area contributed by atoms with Crippen molar-refractivity contribution in [1.82, 2.24) is 0 Å². The Hall–Kier alpha value is -1.23. The molecule has 4 nitrogen and oxygen atoms in total. The Bertz CT molecular complexity index is 408. The highest BCUT2D eigenvalue weighted by atomic mass is 79.9. The van der Waals surface area contributed by atoms with E-state index in [4.69, 9.17) is 9.47 Å². The van der Waals surface area contributed by atoms with Crippen molar-refractivity contribution in [2.75, 3.05) is 12.1 Å². The Balaban J connectivity index is 2.08. The number of benzene rings is 1. The molecule has 0 aromatic heterocycles. The molecule has 0 fully saturated rings. The lowest BCUT2D eigenvalue weighted by Gasteiger charge is -2.09. The molecule has 1 N–H and O–H groups in total. The van der Waals surface area contributed by atoms with Crippen LogP contribution in [0.4, 0.5) is 5.69 Å². The summed E-state index contributed by atoms with van der Waals surface area (Å²) in [5, 5.41) is 2.80. The van der Waals surface area contributed by atoms with Crippen LogP contribution in [0.3, 0.4) is 0 Å². The van der Waals surface area contributed by atoms with Crippen LogP contribution in [-0.2, 0) is 4.79 Å². The van der Waals surface area contributed by atoms with E-state index in [1.807, 2.05) is 6.92 Å². The van der Waals surface area contributed by atoms with E-state index in [-0.39, 0.29) is 17.5 Å². The second-order valence-electron chi connectivity index (χ2n) is 3.43. The second kappa shape index (κ2) is 4.74. The lowest BCUT2D eigenvalue weighted by atomic mass is 10.2. The van der Waals surface area contributed by atoms with Crippen LogP contribution < -0.4 is 14.8 Å². The third kappa shape index (κ3) is 2.29. The number of hydrogen-bond donors (Lipinski definition) is 1. The quantitative estimate of drug-likeness (QED) is 0.869. The molecule has 0 aliphatic carbocycles. The Labute approximate surface area is 102 Å². The SMILES string of the molecule is CC[C@H](Br)C(=O)Nc1ccc2c(c1)OCO2. The van der Waals surface area contributed by atoms with Gasteiger partial charge in [-0.3, -0.25) is 4.79 Å². The number of ether oxygens (including phenoxy) is 2. The number of rotatable bonds is 3. The van der Waals surface area contributed by atoms with E-state index in [1.54, 1.807) is 18.2 Å². The number of alkyl halides is 1. The van der Waals surface area contributed by atoms with Crippen LogP contribution in [0.25, 0.3) is 0 Å². The molecule has 0 unspecified atom stereocenters. The molecule has 1 aromatic rings. The summed E-state index contributed by atoms with van der Waals surface area (Å²) in [6.07, 6.45) is 0.746. The molecular formula is C11H12BrNO3. The van der Waals surface area contributed by atoms with Crippen molar-refractivity contribution in [3.05, 3.63) is 18.2 Å². The minimum atomic E-state index is -0.169. The smallest absolute Gasteiger partial charge is 0.238 e. The summed E-state index contributed by atoms with van der Waals surface area (Å²) in [5.74, 6) is 1.32. The predicted octanol–water partition coefficient (Wildman–Crippen LogP) is 2.53. The zero-order chi connectivity index (χ0) is 11.5. The predicted molar refractivity (Wildman–Crippen MR) is 64.2 cm³/mol. The van der Waals surface area contributed by atoms with Crippen LogP contribution >= 0.6 is 15.9 Å². The van der Waals surface area contributed by atoms with Gasteiger partial charge in [0.1, 0.15) is 0 Å². The van der Waals surface area contributed by atoms with E-state index in [0.717, 1.165) is 6.42 Å². The fourth-order valence-electron chi connectivity index (χ4n) is 1.38. The number of amides is 1. The number of anilines is 1. The maximum Gasteiger partial charge on any atom is 0.238 e. The van der Waals surface area contributed by atoms with Gasteiger partial charge in [0.25, 0.3) is 0 Å². The summed E-state index contributed by atoms with van der Waals surface area (Å²) in [6, 6.07) is 5.34. The molecule has 1 amide bonds. The van der Waals surface area contributed by atoms with Crippen LogP contribution in [0.1, 0.15) is 13.3 Å². The van der Waals surface area contributed by atoms with E-state index in [0.29, 0.717) is 17.2 Å². The van der Waals surface area contributed by atoms with Gasteiger partial charge in [0, 0.05) is 11.8 Å². The van der Waals surface area contributed by atoms with Crippen molar-refractivity contribution in [3.63, 3.8) is 0 Å². The van der Waals surface area contributed by atoms with E-state index in [9.17, 15) is 4.79 Å². The molecule has 1 aromatic carbocycles. The first-order valence-corrected chi connectivity index (χ1v) is 5.97. The highest BCUT2D eigenvalue weighted by molar-refractivity contribution is 9.10. The summed E-state index contributed by atoms with van der Waals surface area (Å²) >= 11 is 3.29. The van der Waals surface area contributed by atoms with Crippen molar-refractivity contribution in [2.45, 2.75) is 18.2 Å². The normalized spacial score (nSPS) is 14.6. The third-order valence-electron chi connectivity index (χ3n) is 2.28. The Morgan fingerprint density at radius 1 is 1.50 bits per heavy atom. The summed E-state index contributed by atoms with van der Waals surface area (Å²) in [5.41, 5.74) is 0.715. The van der Waals surface area contributed by atoms with Crippen LogP contribution in [0.15, 0.2) is 18.2 Å². The zero-order valence-corrected chi connectivity index (χ0v) is 10.4. The van der Waals surface area contributed by atoms with E-state index < -0.39 is 0 Å². The number of nitrogens with one attached hydrogen (secondary N) is 1. The monoisotopic (exact) mass is 285 g/mol. The molecular weight excluding hydrogens is 274 g/mol. The summed E-state index contributed by atoms with van der Waals surface area (Å²) < 4.78 is 10.4. The van der Waals surface area contributed by atoms with Crippen LogP contribution in [0.5, 0.6) is 11.5 Å². The first-order chi connectivity index (χ1) is 7.70. The zero-order valence-electron chi connectivity index (χ0n) is 8.83. The van der Waals surface area contributed by atoms with Gasteiger partial charge in [-0.15, -0.1) is 0 Å². The number of halogens is 1. The van der Waals surface area contributed by atoms with Crippen molar-refractivity contribution in [2.24, 2.45) is 0 Å². The molecule has 2 rings (SSSR count). The first-order valence-electron chi connectivity index (χ1n) is 5.05. The number of carbonyl (C=O) groups excluding carboxylic acids is 1. The summed E-state index contributed by atoms with van der Waals surface area (Å²) in [4.78, 5) is 11.4. The van der Waals surface area contributed by atoms with Crippen LogP contribution in [-0.4, -0.2) is 17.5 Å². The third-order valence-corrected chi connectivity index (χ3v) is 3.35. The highest BCUT2D eigenvalue weighted by Crippen LogP contribution is 2.34. The van der Waals surface area contributed by atoms with Crippen LogP contribution in [0, 0.1) is 0 Å².